The molecule has 7 heteroatoms. The van der Waals surface area contributed by atoms with E-state index in [4.69, 9.17) is 16.3 Å². The zero-order valence-corrected chi connectivity index (χ0v) is 18.0. The van der Waals surface area contributed by atoms with E-state index in [1.165, 1.54) is 18.0 Å². The number of pyridine rings is 1. The van der Waals surface area contributed by atoms with Crippen LogP contribution in [0.5, 0.6) is 5.75 Å². The number of benzene rings is 2. The van der Waals surface area contributed by atoms with Crippen molar-refractivity contribution in [3.05, 3.63) is 101 Å². The molecule has 1 amide bonds. The minimum Gasteiger partial charge on any atom is -0.489 e. The van der Waals surface area contributed by atoms with Crippen LogP contribution in [-0.4, -0.2) is 22.7 Å². The third kappa shape index (κ3) is 4.71. The van der Waals surface area contributed by atoms with Gasteiger partial charge < -0.3 is 4.74 Å². The minimum atomic E-state index is -0.168. The highest BCUT2D eigenvalue weighted by atomic mass is 35.5. The lowest BCUT2D eigenvalue weighted by atomic mass is 10.2. The number of amides is 1. The second-order valence-electron chi connectivity index (χ2n) is 6.45. The van der Waals surface area contributed by atoms with E-state index in [-0.39, 0.29) is 5.91 Å². The van der Waals surface area contributed by atoms with Crippen LogP contribution in [0.3, 0.4) is 0 Å². The molecule has 1 aromatic heterocycles. The zero-order chi connectivity index (χ0) is 21.6. The summed E-state index contributed by atoms with van der Waals surface area (Å²) < 4.78 is 5.73. The average molecular weight is 448 g/mol. The van der Waals surface area contributed by atoms with Crippen molar-refractivity contribution in [1.82, 2.24) is 4.98 Å². The number of ether oxygens (including phenoxy) is 1. The normalized spacial score (nSPS) is 16.2. The number of thioether (sulfide) groups is 1. The summed E-state index contributed by atoms with van der Waals surface area (Å²) in [4.78, 5) is 24.1. The van der Waals surface area contributed by atoms with Gasteiger partial charge in [0.2, 0.25) is 0 Å². The fourth-order valence-corrected chi connectivity index (χ4v) is 4.08. The lowest BCUT2D eigenvalue weighted by Crippen LogP contribution is -2.28. The van der Waals surface area contributed by atoms with Gasteiger partial charge in [0, 0.05) is 18.0 Å². The number of hydrogen-bond donors (Lipinski definition) is 0. The quantitative estimate of drug-likeness (QED) is 0.338. The average Bonchev–Trinajstić information content (AvgIpc) is 3.10. The summed E-state index contributed by atoms with van der Waals surface area (Å²) in [7, 11) is 0. The molecule has 0 aliphatic carbocycles. The first-order valence-electron chi connectivity index (χ1n) is 9.47. The maximum atomic E-state index is 13.4. The Morgan fingerprint density at radius 1 is 1.13 bits per heavy atom. The summed E-state index contributed by atoms with van der Waals surface area (Å²) in [5.41, 5.74) is 2.07. The second-order valence-corrected chi connectivity index (χ2v) is 7.86. The lowest BCUT2D eigenvalue weighted by Gasteiger charge is -2.15. The molecule has 1 aliphatic rings. The Morgan fingerprint density at radius 3 is 2.68 bits per heavy atom. The van der Waals surface area contributed by atoms with E-state index in [9.17, 15) is 4.79 Å². The van der Waals surface area contributed by atoms with Crippen molar-refractivity contribution in [2.24, 2.45) is 4.99 Å². The Kier molecular flexibility index (Phi) is 6.50. The molecular weight excluding hydrogens is 430 g/mol. The Balaban J connectivity index is 1.77. The minimum absolute atomic E-state index is 0.168. The van der Waals surface area contributed by atoms with Crippen LogP contribution in [0.2, 0.25) is 5.02 Å². The van der Waals surface area contributed by atoms with Crippen LogP contribution in [0.4, 0.5) is 11.4 Å². The summed E-state index contributed by atoms with van der Waals surface area (Å²) in [5, 5.41) is 0.928. The number of aliphatic imine (C=N–C) groups is 1. The first kappa shape index (κ1) is 20.9. The second kappa shape index (κ2) is 9.64. The SMILES string of the molecule is C=CCOc1ccccc1/C=C1\SC(=Nc2ccncc2Cl)N(c2ccccc2)C1=O. The van der Waals surface area contributed by atoms with Crippen molar-refractivity contribution in [3.8, 4) is 5.75 Å². The largest absolute Gasteiger partial charge is 0.489 e. The van der Waals surface area contributed by atoms with Crippen molar-refractivity contribution in [2.45, 2.75) is 0 Å². The monoisotopic (exact) mass is 447 g/mol. The third-order valence-electron chi connectivity index (χ3n) is 4.35. The molecule has 0 bridgehead atoms. The molecule has 0 spiro atoms. The molecule has 5 nitrogen and oxygen atoms in total. The van der Waals surface area contributed by atoms with Crippen LogP contribution in [0, 0.1) is 0 Å². The lowest BCUT2D eigenvalue weighted by molar-refractivity contribution is -0.113. The van der Waals surface area contributed by atoms with Gasteiger partial charge in [-0.15, -0.1) is 0 Å². The molecule has 3 aromatic rings. The maximum Gasteiger partial charge on any atom is 0.271 e. The van der Waals surface area contributed by atoms with Gasteiger partial charge in [0.25, 0.3) is 5.91 Å². The molecule has 1 aliphatic heterocycles. The highest BCUT2D eigenvalue weighted by Gasteiger charge is 2.35. The fraction of sp³-hybridized carbons (Fsp3) is 0.0417. The fourth-order valence-electron chi connectivity index (χ4n) is 2.94. The number of para-hydroxylation sites is 2. The number of halogens is 1. The smallest absolute Gasteiger partial charge is 0.271 e. The number of amidine groups is 1. The van der Waals surface area contributed by atoms with Crippen molar-refractivity contribution >= 4 is 51.9 Å². The molecular formula is C24H18ClN3O2S. The molecule has 0 radical (unpaired) electrons. The first-order chi connectivity index (χ1) is 15.2. The van der Waals surface area contributed by atoms with E-state index < -0.39 is 0 Å². The van der Waals surface area contributed by atoms with Gasteiger partial charge in [-0.25, -0.2) is 4.99 Å². The highest BCUT2D eigenvalue weighted by molar-refractivity contribution is 8.19. The van der Waals surface area contributed by atoms with Crippen LogP contribution < -0.4 is 9.64 Å². The molecule has 1 fully saturated rings. The topological polar surface area (TPSA) is 54.8 Å². The number of hydrogen-bond acceptors (Lipinski definition) is 5. The summed E-state index contributed by atoms with van der Waals surface area (Å²) in [6, 6.07) is 18.7. The number of rotatable bonds is 6. The predicted molar refractivity (Wildman–Crippen MR) is 128 cm³/mol. The third-order valence-corrected chi connectivity index (χ3v) is 5.61. The molecule has 2 heterocycles. The van der Waals surface area contributed by atoms with E-state index in [1.54, 1.807) is 23.2 Å². The van der Waals surface area contributed by atoms with E-state index in [1.807, 2.05) is 60.7 Å². The summed E-state index contributed by atoms with van der Waals surface area (Å²) in [6.07, 6.45) is 6.64. The molecule has 31 heavy (non-hydrogen) atoms. The number of carbonyl (C=O) groups is 1. The summed E-state index contributed by atoms with van der Waals surface area (Å²) in [6.45, 7) is 4.06. The van der Waals surface area contributed by atoms with E-state index in [0.717, 1.165) is 11.3 Å². The van der Waals surface area contributed by atoms with Crippen LogP contribution in [0.1, 0.15) is 5.56 Å². The number of carbonyl (C=O) groups excluding carboxylic acids is 1. The summed E-state index contributed by atoms with van der Waals surface area (Å²) >= 11 is 7.53. The van der Waals surface area contributed by atoms with Crippen LogP contribution in [0.25, 0.3) is 6.08 Å². The van der Waals surface area contributed by atoms with Gasteiger partial charge in [-0.3, -0.25) is 14.7 Å². The van der Waals surface area contributed by atoms with Gasteiger partial charge in [0.15, 0.2) is 5.17 Å². The van der Waals surface area contributed by atoms with Crippen molar-refractivity contribution < 1.29 is 9.53 Å². The Morgan fingerprint density at radius 2 is 1.90 bits per heavy atom. The highest BCUT2D eigenvalue weighted by Crippen LogP contribution is 2.39. The maximum absolute atomic E-state index is 13.4. The van der Waals surface area contributed by atoms with Gasteiger partial charge in [-0.2, -0.15) is 0 Å². The molecule has 0 N–H and O–H groups in total. The standard InChI is InChI=1S/C24H18ClN3O2S/c1-2-14-30-21-11-7-6-8-17(21)15-22-23(29)28(18-9-4-3-5-10-18)24(31-22)27-20-12-13-26-16-19(20)25/h2-13,15-16H,1,14H2/b22-15-,27-24?. The van der Waals surface area contributed by atoms with Crippen molar-refractivity contribution in [2.75, 3.05) is 11.5 Å². The van der Waals surface area contributed by atoms with Crippen molar-refractivity contribution in [1.29, 1.82) is 0 Å². The molecule has 154 valence electrons. The van der Waals surface area contributed by atoms with E-state index in [2.05, 4.69) is 16.6 Å². The summed E-state index contributed by atoms with van der Waals surface area (Å²) in [5.74, 6) is 0.510. The molecule has 0 atom stereocenters. The molecule has 4 rings (SSSR count). The Labute approximate surface area is 189 Å². The molecule has 0 saturated carbocycles. The van der Waals surface area contributed by atoms with Crippen LogP contribution in [0.15, 0.2) is 95.6 Å². The van der Waals surface area contributed by atoms with E-state index >= 15 is 0 Å². The van der Waals surface area contributed by atoms with Crippen LogP contribution >= 0.6 is 23.4 Å². The van der Waals surface area contributed by atoms with E-state index in [0.29, 0.717) is 33.1 Å². The molecule has 0 unspecified atom stereocenters. The van der Waals surface area contributed by atoms with Gasteiger partial charge in [0.05, 0.1) is 21.3 Å². The Hall–Kier alpha value is -3.35. The van der Waals surface area contributed by atoms with Gasteiger partial charge in [0.1, 0.15) is 12.4 Å². The zero-order valence-electron chi connectivity index (χ0n) is 16.4. The number of aromatic nitrogens is 1. The Bertz CT molecular complexity index is 1180. The predicted octanol–water partition coefficient (Wildman–Crippen LogP) is 6.11. The molecule has 2 aromatic carbocycles. The number of nitrogens with zero attached hydrogens (tertiary/aromatic N) is 3. The number of anilines is 1. The first-order valence-corrected chi connectivity index (χ1v) is 10.7. The van der Waals surface area contributed by atoms with Gasteiger partial charge >= 0.3 is 0 Å². The van der Waals surface area contributed by atoms with Gasteiger partial charge in [-0.1, -0.05) is 60.7 Å². The van der Waals surface area contributed by atoms with Crippen LogP contribution in [-0.2, 0) is 4.79 Å². The molecule has 1 saturated heterocycles. The van der Waals surface area contributed by atoms with Gasteiger partial charge in [-0.05, 0) is 42.1 Å². The van der Waals surface area contributed by atoms with Crippen molar-refractivity contribution in [3.63, 3.8) is 0 Å².